The van der Waals surface area contributed by atoms with E-state index < -0.39 is 5.97 Å². The van der Waals surface area contributed by atoms with Gasteiger partial charge in [0.05, 0.1) is 5.88 Å². The molecule has 0 aliphatic carbocycles. The van der Waals surface area contributed by atoms with Crippen LogP contribution in [0, 0.1) is 13.8 Å². The smallest absolute Gasteiger partial charge is 0.335 e. The molecular formula is C14H17ClO2. The standard InChI is InChI=1S/C14H17ClO2/c1-5-12-10(4)9(3)7-11(8-15)14(12)17-13(16)6-2/h6-7H,2,5,8H2,1,3-4H3. The number of ether oxygens (including phenoxy) is 1. The molecule has 2 nitrogen and oxygen atoms in total. The molecule has 0 spiro atoms. The molecule has 0 saturated carbocycles. The molecule has 0 heterocycles. The highest BCUT2D eigenvalue weighted by Gasteiger charge is 2.15. The Kier molecular flexibility index (Phi) is 4.76. The van der Waals surface area contributed by atoms with Gasteiger partial charge in [0.15, 0.2) is 0 Å². The van der Waals surface area contributed by atoms with Crippen molar-refractivity contribution in [2.24, 2.45) is 0 Å². The Balaban J connectivity index is 3.37. The van der Waals surface area contributed by atoms with Crippen molar-refractivity contribution in [1.82, 2.24) is 0 Å². The van der Waals surface area contributed by atoms with Gasteiger partial charge in [-0.05, 0) is 37.0 Å². The SMILES string of the molecule is C=CC(=O)Oc1c(CCl)cc(C)c(C)c1CC. The lowest BCUT2D eigenvalue weighted by molar-refractivity contribution is -0.129. The van der Waals surface area contributed by atoms with E-state index in [4.69, 9.17) is 16.3 Å². The monoisotopic (exact) mass is 252 g/mol. The topological polar surface area (TPSA) is 26.3 Å². The molecule has 0 aromatic heterocycles. The van der Waals surface area contributed by atoms with Crippen molar-refractivity contribution < 1.29 is 9.53 Å². The minimum atomic E-state index is -0.450. The van der Waals surface area contributed by atoms with Crippen LogP contribution in [0.25, 0.3) is 0 Å². The molecule has 0 atom stereocenters. The Labute approximate surface area is 107 Å². The number of carbonyl (C=O) groups excluding carboxylic acids is 1. The van der Waals surface area contributed by atoms with Crippen molar-refractivity contribution >= 4 is 17.6 Å². The van der Waals surface area contributed by atoms with E-state index in [1.807, 2.05) is 26.8 Å². The minimum absolute atomic E-state index is 0.327. The molecule has 0 N–H and O–H groups in total. The fourth-order valence-corrected chi connectivity index (χ4v) is 2.03. The quantitative estimate of drug-likeness (QED) is 0.354. The first-order valence-electron chi connectivity index (χ1n) is 5.57. The number of aryl methyl sites for hydroxylation is 1. The third-order valence-electron chi connectivity index (χ3n) is 2.87. The van der Waals surface area contributed by atoms with E-state index in [2.05, 4.69) is 6.58 Å². The van der Waals surface area contributed by atoms with E-state index in [-0.39, 0.29) is 0 Å². The van der Waals surface area contributed by atoms with Gasteiger partial charge in [-0.1, -0.05) is 19.6 Å². The molecular weight excluding hydrogens is 236 g/mol. The third-order valence-corrected chi connectivity index (χ3v) is 3.16. The van der Waals surface area contributed by atoms with Gasteiger partial charge in [0.25, 0.3) is 0 Å². The van der Waals surface area contributed by atoms with Crippen LogP contribution in [0.4, 0.5) is 0 Å². The summed E-state index contributed by atoms with van der Waals surface area (Å²) in [5.74, 6) is 0.471. The number of halogens is 1. The maximum atomic E-state index is 11.3. The number of esters is 1. The maximum Gasteiger partial charge on any atom is 0.335 e. The lowest BCUT2D eigenvalue weighted by Gasteiger charge is -2.16. The van der Waals surface area contributed by atoms with Crippen LogP contribution in [0.1, 0.15) is 29.2 Å². The van der Waals surface area contributed by atoms with Crippen molar-refractivity contribution in [3.8, 4) is 5.75 Å². The Morgan fingerprint density at radius 3 is 2.65 bits per heavy atom. The van der Waals surface area contributed by atoms with Gasteiger partial charge in [0.1, 0.15) is 5.75 Å². The summed E-state index contributed by atoms with van der Waals surface area (Å²) in [7, 11) is 0. The normalized spacial score (nSPS) is 10.1. The fraction of sp³-hybridized carbons (Fsp3) is 0.357. The van der Waals surface area contributed by atoms with Gasteiger partial charge in [0.2, 0.25) is 0 Å². The molecule has 1 aromatic carbocycles. The fourth-order valence-electron chi connectivity index (χ4n) is 1.83. The minimum Gasteiger partial charge on any atom is -0.423 e. The van der Waals surface area contributed by atoms with Crippen LogP contribution < -0.4 is 4.74 Å². The summed E-state index contributed by atoms with van der Waals surface area (Å²) in [6.07, 6.45) is 1.96. The van der Waals surface area contributed by atoms with Gasteiger partial charge >= 0.3 is 5.97 Å². The second-order valence-corrected chi connectivity index (χ2v) is 4.16. The Morgan fingerprint density at radius 1 is 1.53 bits per heavy atom. The first-order chi connectivity index (χ1) is 8.04. The van der Waals surface area contributed by atoms with Crippen molar-refractivity contribution in [2.45, 2.75) is 33.1 Å². The molecule has 17 heavy (non-hydrogen) atoms. The molecule has 3 heteroatoms. The lowest BCUT2D eigenvalue weighted by atomic mass is 9.97. The summed E-state index contributed by atoms with van der Waals surface area (Å²) in [4.78, 5) is 11.3. The van der Waals surface area contributed by atoms with Crippen molar-refractivity contribution in [3.05, 3.63) is 41.0 Å². The molecule has 0 radical (unpaired) electrons. The van der Waals surface area contributed by atoms with Crippen molar-refractivity contribution in [3.63, 3.8) is 0 Å². The summed E-state index contributed by atoms with van der Waals surface area (Å²) in [5.41, 5.74) is 4.20. The van der Waals surface area contributed by atoms with Crippen LogP contribution in [-0.4, -0.2) is 5.97 Å². The van der Waals surface area contributed by atoms with E-state index in [0.29, 0.717) is 11.6 Å². The number of hydrogen-bond acceptors (Lipinski definition) is 2. The van der Waals surface area contributed by atoms with E-state index in [1.54, 1.807) is 0 Å². The second-order valence-electron chi connectivity index (χ2n) is 3.90. The van der Waals surface area contributed by atoms with Crippen LogP contribution in [0.15, 0.2) is 18.7 Å². The van der Waals surface area contributed by atoms with E-state index >= 15 is 0 Å². The average molecular weight is 253 g/mol. The molecule has 1 aromatic rings. The molecule has 0 aliphatic rings. The van der Waals surface area contributed by atoms with Gasteiger partial charge in [-0.3, -0.25) is 0 Å². The lowest BCUT2D eigenvalue weighted by Crippen LogP contribution is -2.09. The average Bonchev–Trinajstić information content (AvgIpc) is 2.33. The Hall–Kier alpha value is -1.28. The highest BCUT2D eigenvalue weighted by molar-refractivity contribution is 6.17. The van der Waals surface area contributed by atoms with E-state index in [9.17, 15) is 4.79 Å². The highest BCUT2D eigenvalue weighted by Crippen LogP contribution is 2.31. The van der Waals surface area contributed by atoms with Crippen LogP contribution in [0.3, 0.4) is 0 Å². The third kappa shape index (κ3) is 2.89. The summed E-state index contributed by atoms with van der Waals surface area (Å²) in [5, 5.41) is 0. The molecule has 0 saturated heterocycles. The number of rotatable bonds is 4. The summed E-state index contributed by atoms with van der Waals surface area (Å²) >= 11 is 5.89. The van der Waals surface area contributed by atoms with Gasteiger partial charge < -0.3 is 4.74 Å². The van der Waals surface area contributed by atoms with E-state index in [1.165, 1.54) is 0 Å². The molecule has 92 valence electrons. The molecule has 0 unspecified atom stereocenters. The zero-order chi connectivity index (χ0) is 13.0. The predicted octanol–water partition coefficient (Wildman–Crippen LogP) is 3.70. The summed E-state index contributed by atoms with van der Waals surface area (Å²) < 4.78 is 5.30. The van der Waals surface area contributed by atoms with Crippen LogP contribution in [-0.2, 0) is 17.1 Å². The summed E-state index contributed by atoms with van der Waals surface area (Å²) in [6.45, 7) is 9.49. The summed E-state index contributed by atoms with van der Waals surface area (Å²) in [6, 6.07) is 1.97. The van der Waals surface area contributed by atoms with Gasteiger partial charge in [0, 0.05) is 11.6 Å². The Bertz CT molecular complexity index is 450. The molecule has 0 aliphatic heterocycles. The molecule has 1 rings (SSSR count). The number of alkyl halides is 1. The van der Waals surface area contributed by atoms with Gasteiger partial charge in [-0.25, -0.2) is 4.79 Å². The molecule has 0 bridgehead atoms. The Morgan fingerprint density at radius 2 is 2.18 bits per heavy atom. The maximum absolute atomic E-state index is 11.3. The number of benzene rings is 1. The molecule has 0 amide bonds. The second kappa shape index (κ2) is 5.87. The van der Waals surface area contributed by atoms with Crippen molar-refractivity contribution in [2.75, 3.05) is 0 Å². The number of hydrogen-bond donors (Lipinski definition) is 0. The van der Waals surface area contributed by atoms with Crippen LogP contribution in [0.2, 0.25) is 0 Å². The van der Waals surface area contributed by atoms with Crippen molar-refractivity contribution in [1.29, 1.82) is 0 Å². The highest BCUT2D eigenvalue weighted by atomic mass is 35.5. The number of carbonyl (C=O) groups is 1. The zero-order valence-electron chi connectivity index (χ0n) is 10.5. The zero-order valence-corrected chi connectivity index (χ0v) is 11.2. The van der Waals surface area contributed by atoms with Crippen LogP contribution >= 0.6 is 11.6 Å². The molecule has 0 fully saturated rings. The van der Waals surface area contributed by atoms with Gasteiger partial charge in [-0.15, -0.1) is 11.6 Å². The van der Waals surface area contributed by atoms with Crippen LogP contribution in [0.5, 0.6) is 5.75 Å². The van der Waals surface area contributed by atoms with Gasteiger partial charge in [-0.2, -0.15) is 0 Å². The predicted molar refractivity (Wildman–Crippen MR) is 70.7 cm³/mol. The first-order valence-corrected chi connectivity index (χ1v) is 6.10. The van der Waals surface area contributed by atoms with E-state index in [0.717, 1.165) is 34.8 Å². The largest absolute Gasteiger partial charge is 0.423 e. The first kappa shape index (κ1) is 13.8.